The van der Waals surface area contributed by atoms with E-state index in [-0.39, 0.29) is 0 Å². The summed E-state index contributed by atoms with van der Waals surface area (Å²) >= 11 is 3.91. The zero-order chi connectivity index (χ0) is 35.3. The summed E-state index contributed by atoms with van der Waals surface area (Å²) in [6.07, 6.45) is 4.18. The summed E-state index contributed by atoms with van der Waals surface area (Å²) in [7, 11) is 0. The first-order valence-electron chi connectivity index (χ1n) is 18.9. The van der Waals surface area contributed by atoms with Crippen molar-refractivity contribution in [1.82, 2.24) is 0 Å². The van der Waals surface area contributed by atoms with E-state index in [1.54, 1.807) is 0 Å². The van der Waals surface area contributed by atoms with E-state index in [1.165, 1.54) is 107 Å². The molecule has 54 heavy (non-hydrogen) atoms. The molecule has 2 nitrogen and oxygen atoms in total. The highest BCUT2D eigenvalue weighted by atomic mass is 32.1. The first-order valence-corrected chi connectivity index (χ1v) is 20.6. The molecule has 2 aliphatic rings. The Hall–Kier alpha value is -5.94. The van der Waals surface area contributed by atoms with Crippen molar-refractivity contribution in [3.05, 3.63) is 180 Å². The fraction of sp³-hybridized carbons (Fsp3) is 0.0800. The highest BCUT2D eigenvalue weighted by Crippen LogP contribution is 2.52. The lowest BCUT2D eigenvalue weighted by Crippen LogP contribution is -2.11. The van der Waals surface area contributed by atoms with E-state index in [9.17, 15) is 0 Å². The van der Waals surface area contributed by atoms with E-state index in [0.29, 0.717) is 0 Å². The molecule has 0 saturated heterocycles. The number of anilines is 6. The fourth-order valence-electron chi connectivity index (χ4n) is 9.34. The van der Waals surface area contributed by atoms with Crippen LogP contribution in [-0.2, 0) is 25.7 Å². The Morgan fingerprint density at radius 2 is 0.667 bits per heavy atom. The molecule has 256 valence electrons. The van der Waals surface area contributed by atoms with Crippen molar-refractivity contribution in [3.63, 3.8) is 0 Å². The van der Waals surface area contributed by atoms with Gasteiger partial charge in [-0.05, 0) is 107 Å². The molecule has 0 amide bonds. The Morgan fingerprint density at radius 1 is 0.333 bits per heavy atom. The molecule has 4 heterocycles. The van der Waals surface area contributed by atoms with E-state index in [2.05, 4.69) is 168 Å². The molecule has 0 N–H and O–H groups in total. The third-order valence-electron chi connectivity index (χ3n) is 11.8. The van der Waals surface area contributed by atoms with Gasteiger partial charge in [-0.2, -0.15) is 0 Å². The van der Waals surface area contributed by atoms with Crippen molar-refractivity contribution < 1.29 is 0 Å². The number of para-hydroxylation sites is 4. The van der Waals surface area contributed by atoms with Crippen LogP contribution in [-0.4, -0.2) is 0 Å². The van der Waals surface area contributed by atoms with E-state index in [0.717, 1.165) is 25.7 Å². The van der Waals surface area contributed by atoms with Gasteiger partial charge in [-0.15, -0.1) is 22.7 Å². The normalized spacial score (nSPS) is 13.9. The van der Waals surface area contributed by atoms with Crippen molar-refractivity contribution in [2.45, 2.75) is 25.7 Å². The molecule has 2 aliphatic heterocycles. The Kier molecular flexibility index (Phi) is 6.66. The molecule has 0 bridgehead atoms. The maximum absolute atomic E-state index is 2.50. The number of hydrogen-bond donors (Lipinski definition) is 0. The number of nitrogens with zero attached hydrogens (tertiary/aromatic N) is 2. The molecule has 0 aliphatic carbocycles. The Balaban J connectivity index is 1.09. The number of rotatable bonds is 2. The zero-order valence-corrected chi connectivity index (χ0v) is 31.2. The summed E-state index contributed by atoms with van der Waals surface area (Å²) in [6, 6.07) is 59.2. The van der Waals surface area contributed by atoms with Crippen LogP contribution in [0.4, 0.5) is 34.1 Å². The van der Waals surface area contributed by atoms with Gasteiger partial charge in [0.2, 0.25) is 0 Å². The summed E-state index contributed by atoms with van der Waals surface area (Å²) in [5.74, 6) is 0. The lowest BCUT2D eigenvalue weighted by Gasteiger charge is -2.27. The molecule has 8 aromatic carbocycles. The van der Waals surface area contributed by atoms with Gasteiger partial charge in [0.25, 0.3) is 0 Å². The number of fused-ring (bicyclic) bond motifs is 14. The van der Waals surface area contributed by atoms with Crippen molar-refractivity contribution in [3.8, 4) is 0 Å². The van der Waals surface area contributed by atoms with Crippen molar-refractivity contribution >= 4 is 108 Å². The summed E-state index contributed by atoms with van der Waals surface area (Å²) in [6.45, 7) is 0. The summed E-state index contributed by atoms with van der Waals surface area (Å²) in [5, 5.41) is 8.10. The first-order chi connectivity index (χ1) is 26.8. The van der Waals surface area contributed by atoms with Gasteiger partial charge in [0.1, 0.15) is 0 Å². The van der Waals surface area contributed by atoms with Crippen LogP contribution < -0.4 is 9.80 Å². The average Bonchev–Trinajstić information content (AvgIpc) is 3.69. The topological polar surface area (TPSA) is 6.48 Å². The van der Waals surface area contributed by atoms with Crippen molar-refractivity contribution in [1.29, 1.82) is 0 Å². The third-order valence-corrected chi connectivity index (χ3v) is 14.3. The number of hydrogen-bond acceptors (Lipinski definition) is 4. The second-order valence-electron chi connectivity index (χ2n) is 14.7. The minimum Gasteiger partial charge on any atom is -0.310 e. The van der Waals surface area contributed by atoms with Gasteiger partial charge in [0.15, 0.2) is 0 Å². The monoisotopic (exact) mass is 726 g/mol. The molecule has 0 fully saturated rings. The molecule has 0 spiro atoms. The molecule has 4 heteroatoms. The van der Waals surface area contributed by atoms with Gasteiger partial charge >= 0.3 is 0 Å². The molecular formula is C50H34N2S2. The summed E-state index contributed by atoms with van der Waals surface area (Å²) in [5.41, 5.74) is 13.2. The van der Waals surface area contributed by atoms with E-state index in [4.69, 9.17) is 0 Å². The lowest BCUT2D eigenvalue weighted by molar-refractivity contribution is 0.977. The molecule has 2 aromatic heterocycles. The van der Waals surface area contributed by atoms with Crippen LogP contribution in [0.3, 0.4) is 0 Å². The van der Waals surface area contributed by atoms with Crippen molar-refractivity contribution in [2.75, 3.05) is 9.80 Å². The van der Waals surface area contributed by atoms with Gasteiger partial charge in [-0.1, -0.05) is 109 Å². The highest BCUT2D eigenvalue weighted by molar-refractivity contribution is 7.33. The van der Waals surface area contributed by atoms with Gasteiger partial charge in [-0.25, -0.2) is 0 Å². The van der Waals surface area contributed by atoms with E-state index >= 15 is 0 Å². The largest absolute Gasteiger partial charge is 0.310 e. The zero-order valence-electron chi connectivity index (χ0n) is 29.6. The SMILES string of the molecule is c1ccc2c(c1)CCc1ccccc1N2c1ccc2c(c1)sc1c3sc4cc(N5c6ccccc6CCc6ccccc65)ccc4c3c3ccccc3c21. The van der Waals surface area contributed by atoms with Crippen LogP contribution in [0.1, 0.15) is 22.3 Å². The smallest absolute Gasteiger partial charge is 0.0540 e. The quantitative estimate of drug-likeness (QED) is 0.175. The Morgan fingerprint density at radius 3 is 1.04 bits per heavy atom. The van der Waals surface area contributed by atoms with E-state index in [1.807, 2.05) is 22.7 Å². The molecule has 0 radical (unpaired) electrons. The Bertz CT molecular complexity index is 2840. The fourth-order valence-corrected chi connectivity index (χ4v) is 12.0. The number of aryl methyl sites for hydroxylation is 4. The lowest BCUT2D eigenvalue weighted by atomic mass is 9.98. The van der Waals surface area contributed by atoms with E-state index < -0.39 is 0 Å². The third kappa shape index (κ3) is 4.44. The van der Waals surface area contributed by atoms with Crippen LogP contribution in [0.25, 0.3) is 51.1 Å². The molecule has 10 aromatic rings. The van der Waals surface area contributed by atoms with Crippen molar-refractivity contribution in [2.24, 2.45) is 0 Å². The van der Waals surface area contributed by atoms with Gasteiger partial charge < -0.3 is 9.80 Å². The van der Waals surface area contributed by atoms with Crippen LogP contribution in [0, 0.1) is 0 Å². The van der Waals surface area contributed by atoms with Crippen LogP contribution >= 0.6 is 22.7 Å². The maximum atomic E-state index is 2.50. The number of benzene rings is 8. The van der Waals surface area contributed by atoms with Crippen LogP contribution in [0.15, 0.2) is 158 Å². The van der Waals surface area contributed by atoms with Crippen LogP contribution in [0.2, 0.25) is 0 Å². The second-order valence-corrected chi connectivity index (χ2v) is 16.8. The summed E-state index contributed by atoms with van der Waals surface area (Å²) < 4.78 is 5.44. The standard InChI is InChI=1S/C50H34N2S2/c1-7-17-41-31(11-1)21-22-32-12-2-8-18-42(32)51(41)35-25-27-39-45(29-35)53-49-47(39)37-15-5-6-16-38(37)48-40-28-26-36(30-46(40)54-50(48)49)52-43-19-9-3-13-33(43)23-24-34-14-4-10-20-44(34)52/h1-20,25-30H,21-24H2. The summed E-state index contributed by atoms with van der Waals surface area (Å²) in [4.78, 5) is 4.99. The minimum absolute atomic E-state index is 1.04. The predicted molar refractivity (Wildman–Crippen MR) is 234 cm³/mol. The van der Waals surface area contributed by atoms with Gasteiger partial charge in [0.05, 0.1) is 9.40 Å². The maximum Gasteiger partial charge on any atom is 0.0540 e. The molecular weight excluding hydrogens is 693 g/mol. The molecule has 12 rings (SSSR count). The first kappa shape index (κ1) is 30.5. The predicted octanol–water partition coefficient (Wildman–Crippen LogP) is 14.7. The van der Waals surface area contributed by atoms with Gasteiger partial charge in [-0.3, -0.25) is 0 Å². The van der Waals surface area contributed by atoms with Crippen LogP contribution in [0.5, 0.6) is 0 Å². The average molecular weight is 727 g/mol. The Labute approximate surface area is 321 Å². The molecule has 0 unspecified atom stereocenters. The minimum atomic E-state index is 1.04. The molecule has 0 atom stereocenters. The molecule has 0 saturated carbocycles. The highest BCUT2D eigenvalue weighted by Gasteiger charge is 2.26. The number of thiophene rings is 2. The van der Waals surface area contributed by atoms with Gasteiger partial charge in [0, 0.05) is 65.1 Å². The second kappa shape index (κ2) is 11.8.